The zero-order chi connectivity index (χ0) is 24.3. The van der Waals surface area contributed by atoms with Gasteiger partial charge in [0.2, 0.25) is 5.91 Å². The molecule has 6 rings (SSSR count). The largest absolute Gasteiger partial charge is 0.489 e. The number of nitrogens with zero attached hydrogens (tertiary/aromatic N) is 1. The van der Waals surface area contributed by atoms with Crippen molar-refractivity contribution in [1.29, 1.82) is 0 Å². The van der Waals surface area contributed by atoms with E-state index in [1.807, 2.05) is 12.1 Å². The van der Waals surface area contributed by atoms with Crippen LogP contribution in [0.3, 0.4) is 0 Å². The summed E-state index contributed by atoms with van der Waals surface area (Å²) in [6.45, 7) is 0. The molecule has 1 aliphatic carbocycles. The summed E-state index contributed by atoms with van der Waals surface area (Å²) in [5.41, 5.74) is 1.61. The van der Waals surface area contributed by atoms with E-state index in [2.05, 4.69) is 10.3 Å². The number of ketones is 1. The molecule has 1 N–H and O–H groups in total. The van der Waals surface area contributed by atoms with Gasteiger partial charge in [0.25, 0.3) is 0 Å². The van der Waals surface area contributed by atoms with E-state index in [0.29, 0.717) is 36.2 Å². The molecule has 3 heterocycles. The first-order chi connectivity index (χ1) is 16.9. The van der Waals surface area contributed by atoms with Crippen molar-refractivity contribution in [2.75, 3.05) is 5.32 Å². The van der Waals surface area contributed by atoms with E-state index >= 15 is 0 Å². The highest BCUT2D eigenvalue weighted by atomic mass is 19.2. The average Bonchev–Trinajstić information content (AvgIpc) is 3.33. The number of rotatable bonds is 6. The van der Waals surface area contributed by atoms with Crippen LogP contribution in [0.4, 0.5) is 19.0 Å². The molecule has 1 amide bonds. The fraction of sp³-hybridized carbons (Fsp3) is 0.269. The molecule has 6 nitrogen and oxygen atoms in total. The number of anilines is 1. The molecule has 1 aromatic heterocycles. The lowest BCUT2D eigenvalue weighted by molar-refractivity contribution is -0.119. The molecule has 0 radical (unpaired) electrons. The van der Waals surface area contributed by atoms with Crippen molar-refractivity contribution >= 4 is 17.5 Å². The van der Waals surface area contributed by atoms with Gasteiger partial charge in [-0.25, -0.2) is 18.2 Å². The number of fused-ring (bicyclic) bond motifs is 4. The van der Waals surface area contributed by atoms with Crippen molar-refractivity contribution in [3.05, 3.63) is 76.7 Å². The number of pyridine rings is 1. The zero-order valence-electron chi connectivity index (χ0n) is 18.3. The van der Waals surface area contributed by atoms with E-state index < -0.39 is 17.5 Å². The van der Waals surface area contributed by atoms with Crippen molar-refractivity contribution in [1.82, 2.24) is 4.98 Å². The van der Waals surface area contributed by atoms with Crippen molar-refractivity contribution < 1.29 is 32.2 Å². The zero-order valence-corrected chi connectivity index (χ0v) is 18.3. The molecule has 1 unspecified atom stereocenters. The molecular formula is C26H19F3N2O4. The Morgan fingerprint density at radius 2 is 1.91 bits per heavy atom. The number of benzene rings is 2. The number of hydrogen-bond acceptors (Lipinski definition) is 5. The van der Waals surface area contributed by atoms with Gasteiger partial charge in [-0.05, 0) is 42.3 Å². The Bertz CT molecular complexity index is 1390. The third-order valence-corrected chi connectivity index (χ3v) is 6.74. The van der Waals surface area contributed by atoms with Gasteiger partial charge in [-0.3, -0.25) is 9.59 Å². The third-order valence-electron chi connectivity index (χ3n) is 6.74. The number of amides is 1. The number of Topliss-reactive ketones (excluding diaryl/α,β-unsaturated/α-hetero) is 1. The minimum absolute atomic E-state index is 0.0120. The van der Waals surface area contributed by atoms with Crippen LogP contribution in [0.15, 0.2) is 42.6 Å². The van der Waals surface area contributed by atoms with Crippen molar-refractivity contribution in [3.63, 3.8) is 0 Å². The number of ether oxygens (including phenoxy) is 2. The van der Waals surface area contributed by atoms with Gasteiger partial charge in [0, 0.05) is 54.5 Å². The predicted octanol–water partition coefficient (Wildman–Crippen LogP) is 4.85. The standard InChI is InChI=1S/C26H19F3N2O4/c27-18-11-20(29)19(28)8-12(18)7-13(32)9-17-24-16-10-14(1-3-21(16)35-25(17)24)34-22-5-6-30-26-15(22)2-4-23(33)31-26/h1,3,5-6,8,10-11,17,24-25H,2,4,7,9H2,(H,30,31,33)/t17?,24-,25+/m0/s1. The molecule has 2 aliphatic heterocycles. The summed E-state index contributed by atoms with van der Waals surface area (Å²) in [5.74, 6) is -1.36. The number of halogens is 3. The molecule has 1 fully saturated rings. The van der Waals surface area contributed by atoms with E-state index in [4.69, 9.17) is 9.47 Å². The summed E-state index contributed by atoms with van der Waals surface area (Å²) in [4.78, 5) is 28.4. The number of carbonyl (C=O) groups excluding carboxylic acids is 2. The van der Waals surface area contributed by atoms with Crippen LogP contribution in [0.2, 0.25) is 0 Å². The predicted molar refractivity (Wildman–Crippen MR) is 118 cm³/mol. The Morgan fingerprint density at radius 3 is 2.77 bits per heavy atom. The summed E-state index contributed by atoms with van der Waals surface area (Å²) in [7, 11) is 0. The molecule has 3 aromatic rings. The summed E-state index contributed by atoms with van der Waals surface area (Å²) in [6, 6.07) is 8.44. The Kier molecular flexibility index (Phi) is 5.01. The van der Waals surface area contributed by atoms with Crippen LogP contribution in [0.25, 0.3) is 0 Å². The Labute approximate surface area is 198 Å². The van der Waals surface area contributed by atoms with Crippen LogP contribution in [-0.2, 0) is 22.4 Å². The maximum absolute atomic E-state index is 13.9. The van der Waals surface area contributed by atoms with E-state index in [1.54, 1.807) is 18.3 Å². The second kappa shape index (κ2) is 8.11. The smallest absolute Gasteiger partial charge is 0.225 e. The quantitative estimate of drug-likeness (QED) is 0.511. The molecule has 9 heteroatoms. The summed E-state index contributed by atoms with van der Waals surface area (Å²) >= 11 is 0. The number of carbonyl (C=O) groups is 2. The van der Waals surface area contributed by atoms with Crippen LogP contribution in [0.1, 0.15) is 35.4 Å². The molecular weight excluding hydrogens is 461 g/mol. The Balaban J connectivity index is 1.15. The van der Waals surface area contributed by atoms with Crippen molar-refractivity contribution in [2.24, 2.45) is 5.92 Å². The lowest BCUT2D eigenvalue weighted by Crippen LogP contribution is -2.20. The molecule has 3 aliphatic rings. The van der Waals surface area contributed by atoms with E-state index in [9.17, 15) is 22.8 Å². The van der Waals surface area contributed by atoms with Crippen molar-refractivity contribution in [3.8, 4) is 17.2 Å². The Hall–Kier alpha value is -3.88. The second-order valence-corrected chi connectivity index (χ2v) is 9.04. The number of hydrogen-bond donors (Lipinski definition) is 1. The minimum atomic E-state index is -1.28. The summed E-state index contributed by atoms with van der Waals surface area (Å²) in [5, 5.41) is 2.75. The first-order valence-electron chi connectivity index (χ1n) is 11.3. The molecule has 3 atom stereocenters. The fourth-order valence-corrected chi connectivity index (χ4v) is 4.98. The minimum Gasteiger partial charge on any atom is -0.489 e. The highest BCUT2D eigenvalue weighted by molar-refractivity contribution is 5.93. The monoisotopic (exact) mass is 480 g/mol. The van der Waals surface area contributed by atoms with Gasteiger partial charge < -0.3 is 14.8 Å². The van der Waals surface area contributed by atoms with Gasteiger partial charge >= 0.3 is 0 Å². The van der Waals surface area contributed by atoms with Crippen molar-refractivity contribution in [2.45, 2.75) is 37.7 Å². The lowest BCUT2D eigenvalue weighted by Gasteiger charge is -2.19. The maximum atomic E-state index is 13.9. The molecule has 0 spiro atoms. The van der Waals surface area contributed by atoms with Gasteiger partial charge in [-0.2, -0.15) is 0 Å². The highest BCUT2D eigenvalue weighted by Crippen LogP contribution is 2.60. The van der Waals surface area contributed by atoms with Crippen LogP contribution in [0, 0.1) is 23.4 Å². The van der Waals surface area contributed by atoms with E-state index in [-0.39, 0.29) is 48.0 Å². The molecule has 0 bridgehead atoms. The lowest BCUT2D eigenvalue weighted by atomic mass is 10.0. The summed E-state index contributed by atoms with van der Waals surface area (Å²) in [6.07, 6.45) is 2.16. The van der Waals surface area contributed by atoms with E-state index in [0.717, 1.165) is 22.9 Å². The normalized spacial score (nSPS) is 21.3. The van der Waals surface area contributed by atoms with Gasteiger partial charge in [0.05, 0.1) is 0 Å². The van der Waals surface area contributed by atoms with Gasteiger partial charge in [-0.15, -0.1) is 0 Å². The molecule has 1 saturated carbocycles. The fourth-order valence-electron chi connectivity index (χ4n) is 4.98. The molecule has 35 heavy (non-hydrogen) atoms. The van der Waals surface area contributed by atoms with Crippen LogP contribution < -0.4 is 14.8 Å². The van der Waals surface area contributed by atoms with Gasteiger partial charge in [-0.1, -0.05) is 0 Å². The first kappa shape index (κ1) is 21.6. The third kappa shape index (κ3) is 3.90. The van der Waals surface area contributed by atoms with Crippen LogP contribution in [0.5, 0.6) is 17.2 Å². The highest BCUT2D eigenvalue weighted by Gasteiger charge is 2.59. The van der Waals surface area contributed by atoms with Crippen LogP contribution >= 0.6 is 0 Å². The first-order valence-corrected chi connectivity index (χ1v) is 11.3. The SMILES string of the molecule is O=C(Cc1cc(F)c(F)cc1F)CC1[C@H]2Oc3ccc(Oc4ccnc5c4CCC(=O)N5)cc3[C@@H]12. The average molecular weight is 480 g/mol. The summed E-state index contributed by atoms with van der Waals surface area (Å²) < 4.78 is 52.5. The molecule has 0 saturated heterocycles. The Morgan fingerprint density at radius 1 is 1.09 bits per heavy atom. The van der Waals surface area contributed by atoms with Crippen LogP contribution in [-0.4, -0.2) is 22.8 Å². The van der Waals surface area contributed by atoms with Gasteiger partial charge in [0.15, 0.2) is 11.6 Å². The van der Waals surface area contributed by atoms with Gasteiger partial charge in [0.1, 0.15) is 40.8 Å². The van der Waals surface area contributed by atoms with E-state index in [1.165, 1.54) is 0 Å². The maximum Gasteiger partial charge on any atom is 0.225 e. The molecule has 178 valence electrons. The number of aromatic nitrogens is 1. The topological polar surface area (TPSA) is 77.5 Å². The second-order valence-electron chi connectivity index (χ2n) is 9.04. The molecule has 2 aromatic carbocycles. The number of nitrogens with one attached hydrogen (secondary N) is 1.